The van der Waals surface area contributed by atoms with Crippen LogP contribution in [0.4, 0.5) is 0 Å². The van der Waals surface area contributed by atoms with E-state index >= 15 is 0 Å². The molecular formula is C16H33N3. The molecule has 2 fully saturated rings. The van der Waals surface area contributed by atoms with Crippen molar-refractivity contribution in [2.45, 2.75) is 71.4 Å². The molecule has 1 saturated carbocycles. The van der Waals surface area contributed by atoms with Gasteiger partial charge in [0.15, 0.2) is 0 Å². The third kappa shape index (κ3) is 3.32. The molecule has 1 heterocycles. The first-order chi connectivity index (χ1) is 8.95. The van der Waals surface area contributed by atoms with Gasteiger partial charge in [-0.05, 0) is 76.8 Å². The minimum Gasteiger partial charge on any atom is -0.297 e. The van der Waals surface area contributed by atoms with Crippen molar-refractivity contribution in [2.75, 3.05) is 13.1 Å². The summed E-state index contributed by atoms with van der Waals surface area (Å²) in [6.07, 6.45) is 6.74. The van der Waals surface area contributed by atoms with Crippen molar-refractivity contribution in [3.63, 3.8) is 0 Å². The first kappa shape index (κ1) is 15.3. The van der Waals surface area contributed by atoms with E-state index in [9.17, 15) is 0 Å². The van der Waals surface area contributed by atoms with Crippen molar-refractivity contribution in [3.05, 3.63) is 0 Å². The minimum atomic E-state index is 0.173. The van der Waals surface area contributed by atoms with Crippen LogP contribution in [0.5, 0.6) is 0 Å². The van der Waals surface area contributed by atoms with Crippen LogP contribution in [0.25, 0.3) is 0 Å². The number of nitrogens with two attached hydrogens (primary N) is 1. The molecule has 0 bridgehead atoms. The van der Waals surface area contributed by atoms with E-state index in [-0.39, 0.29) is 5.54 Å². The first-order valence-electron chi connectivity index (χ1n) is 8.16. The lowest BCUT2D eigenvalue weighted by Crippen LogP contribution is -2.62. The molecule has 1 aliphatic heterocycles. The van der Waals surface area contributed by atoms with Gasteiger partial charge in [-0.15, -0.1) is 0 Å². The highest BCUT2D eigenvalue weighted by molar-refractivity contribution is 4.99. The predicted molar refractivity (Wildman–Crippen MR) is 81.7 cm³/mol. The van der Waals surface area contributed by atoms with Crippen LogP contribution in [0.15, 0.2) is 0 Å². The number of hydrogen-bond donors (Lipinski definition) is 2. The molecule has 0 spiro atoms. The van der Waals surface area contributed by atoms with Gasteiger partial charge in [-0.25, -0.2) is 0 Å². The van der Waals surface area contributed by atoms with Crippen LogP contribution in [0.2, 0.25) is 0 Å². The van der Waals surface area contributed by atoms with Crippen LogP contribution in [0, 0.1) is 17.8 Å². The van der Waals surface area contributed by atoms with E-state index in [1.54, 1.807) is 0 Å². The average Bonchev–Trinajstić information content (AvgIpc) is 2.81. The second-order valence-electron chi connectivity index (χ2n) is 7.67. The molecule has 0 aromatic heterocycles. The van der Waals surface area contributed by atoms with E-state index in [0.717, 1.165) is 17.8 Å². The Morgan fingerprint density at radius 3 is 2.05 bits per heavy atom. The number of hydrazine groups is 1. The maximum atomic E-state index is 5.97. The summed E-state index contributed by atoms with van der Waals surface area (Å²) in [5.74, 6) is 8.39. The zero-order chi connectivity index (χ0) is 14.0. The summed E-state index contributed by atoms with van der Waals surface area (Å²) >= 11 is 0. The summed E-state index contributed by atoms with van der Waals surface area (Å²) in [4.78, 5) is 2.64. The van der Waals surface area contributed by atoms with Crippen molar-refractivity contribution < 1.29 is 0 Å². The molecule has 3 unspecified atom stereocenters. The maximum Gasteiger partial charge on any atom is 0.0417 e. The summed E-state index contributed by atoms with van der Waals surface area (Å²) < 4.78 is 0. The van der Waals surface area contributed by atoms with E-state index in [0.29, 0.717) is 6.04 Å². The van der Waals surface area contributed by atoms with Crippen LogP contribution >= 0.6 is 0 Å². The van der Waals surface area contributed by atoms with Gasteiger partial charge in [-0.1, -0.05) is 13.8 Å². The SMILES string of the molecule is CC1CC(C)CC(C(NN)C(C)(C)N2CCCC2)C1. The molecule has 0 amide bonds. The molecule has 3 atom stereocenters. The highest BCUT2D eigenvalue weighted by Gasteiger charge is 2.42. The third-order valence-electron chi connectivity index (χ3n) is 5.55. The summed E-state index contributed by atoms with van der Waals surface area (Å²) in [5.41, 5.74) is 3.36. The maximum absolute atomic E-state index is 5.97. The van der Waals surface area contributed by atoms with Crippen LogP contribution in [0.1, 0.15) is 59.8 Å². The molecule has 3 N–H and O–H groups in total. The molecular weight excluding hydrogens is 234 g/mol. The number of likely N-dealkylation sites (tertiary alicyclic amines) is 1. The molecule has 0 aromatic carbocycles. The van der Waals surface area contributed by atoms with Gasteiger partial charge in [0.1, 0.15) is 0 Å². The lowest BCUT2D eigenvalue weighted by Gasteiger charge is -2.47. The lowest BCUT2D eigenvalue weighted by molar-refractivity contribution is 0.0491. The Bertz CT molecular complexity index is 274. The van der Waals surface area contributed by atoms with E-state index in [1.165, 1.54) is 45.2 Å². The van der Waals surface area contributed by atoms with E-state index < -0.39 is 0 Å². The summed E-state index contributed by atoms with van der Waals surface area (Å²) in [6, 6.07) is 0.413. The number of nitrogens with one attached hydrogen (secondary N) is 1. The van der Waals surface area contributed by atoms with E-state index in [4.69, 9.17) is 5.84 Å². The smallest absolute Gasteiger partial charge is 0.0417 e. The van der Waals surface area contributed by atoms with E-state index in [2.05, 4.69) is 38.0 Å². The Hall–Kier alpha value is -0.120. The standard InChI is InChI=1S/C16H33N3/c1-12-9-13(2)11-14(10-12)15(18-17)16(3,4)19-7-5-6-8-19/h12-15,18H,5-11,17H2,1-4H3. The number of rotatable bonds is 4. The van der Waals surface area contributed by atoms with Gasteiger partial charge in [-0.3, -0.25) is 16.2 Å². The molecule has 2 rings (SSSR count). The van der Waals surface area contributed by atoms with E-state index in [1.807, 2.05) is 0 Å². The molecule has 0 aromatic rings. The fraction of sp³-hybridized carbons (Fsp3) is 1.00. The van der Waals surface area contributed by atoms with Crippen LogP contribution < -0.4 is 11.3 Å². The number of nitrogens with zero attached hydrogens (tertiary/aromatic N) is 1. The largest absolute Gasteiger partial charge is 0.297 e. The van der Waals surface area contributed by atoms with Gasteiger partial charge < -0.3 is 0 Å². The van der Waals surface area contributed by atoms with Gasteiger partial charge in [0.25, 0.3) is 0 Å². The third-order valence-corrected chi connectivity index (χ3v) is 5.55. The minimum absolute atomic E-state index is 0.173. The summed E-state index contributed by atoms with van der Waals surface area (Å²) in [5, 5.41) is 0. The molecule has 1 saturated heterocycles. The van der Waals surface area contributed by atoms with Gasteiger partial charge in [0.2, 0.25) is 0 Å². The highest BCUT2D eigenvalue weighted by atomic mass is 15.3. The van der Waals surface area contributed by atoms with Crippen LogP contribution in [0.3, 0.4) is 0 Å². The Kier molecular flexibility index (Phi) is 4.91. The zero-order valence-corrected chi connectivity index (χ0v) is 13.3. The monoisotopic (exact) mass is 267 g/mol. The molecule has 1 aliphatic carbocycles. The fourth-order valence-electron chi connectivity index (χ4n) is 4.69. The van der Waals surface area contributed by atoms with Gasteiger partial charge in [0, 0.05) is 11.6 Å². The second kappa shape index (κ2) is 6.11. The Balaban J connectivity index is 2.09. The van der Waals surface area contributed by atoms with Crippen molar-refractivity contribution in [1.82, 2.24) is 10.3 Å². The van der Waals surface area contributed by atoms with Crippen molar-refractivity contribution in [3.8, 4) is 0 Å². The zero-order valence-electron chi connectivity index (χ0n) is 13.3. The Morgan fingerprint density at radius 1 is 1.05 bits per heavy atom. The molecule has 0 radical (unpaired) electrons. The van der Waals surface area contributed by atoms with Gasteiger partial charge >= 0.3 is 0 Å². The molecule has 2 aliphatic rings. The predicted octanol–water partition coefficient (Wildman–Crippen LogP) is 2.77. The Labute approximate surface area is 119 Å². The fourth-order valence-corrected chi connectivity index (χ4v) is 4.69. The Morgan fingerprint density at radius 2 is 1.58 bits per heavy atom. The summed E-state index contributed by atoms with van der Waals surface area (Å²) in [6.45, 7) is 12.0. The van der Waals surface area contributed by atoms with Crippen LogP contribution in [-0.4, -0.2) is 29.6 Å². The van der Waals surface area contributed by atoms with Gasteiger partial charge in [0.05, 0.1) is 0 Å². The van der Waals surface area contributed by atoms with Crippen molar-refractivity contribution in [1.29, 1.82) is 0 Å². The second-order valence-corrected chi connectivity index (χ2v) is 7.67. The topological polar surface area (TPSA) is 41.3 Å². The molecule has 112 valence electrons. The molecule has 3 nitrogen and oxygen atoms in total. The van der Waals surface area contributed by atoms with Gasteiger partial charge in [-0.2, -0.15) is 0 Å². The summed E-state index contributed by atoms with van der Waals surface area (Å²) in [7, 11) is 0. The molecule has 3 heteroatoms. The molecule has 19 heavy (non-hydrogen) atoms. The highest BCUT2D eigenvalue weighted by Crippen LogP contribution is 2.39. The normalized spacial score (nSPS) is 35.5. The van der Waals surface area contributed by atoms with Crippen LogP contribution in [-0.2, 0) is 0 Å². The lowest BCUT2D eigenvalue weighted by atomic mass is 9.69. The quantitative estimate of drug-likeness (QED) is 0.608. The number of hydrogen-bond acceptors (Lipinski definition) is 3. The average molecular weight is 267 g/mol. The van der Waals surface area contributed by atoms with Crippen molar-refractivity contribution >= 4 is 0 Å². The first-order valence-corrected chi connectivity index (χ1v) is 8.16. The van der Waals surface area contributed by atoms with Crippen molar-refractivity contribution in [2.24, 2.45) is 23.6 Å².